The molecule has 1 unspecified atom stereocenters. The predicted molar refractivity (Wildman–Crippen MR) is 220 cm³/mol. The van der Waals surface area contributed by atoms with Crippen LogP contribution in [-0.2, 0) is 49.6 Å². The van der Waals surface area contributed by atoms with E-state index >= 15 is 0 Å². The third kappa shape index (κ3) is 9.51. The van der Waals surface area contributed by atoms with Crippen molar-refractivity contribution >= 4 is 47.3 Å². The molecule has 1 aromatic carbocycles. The molecule has 0 aromatic heterocycles. The van der Waals surface area contributed by atoms with E-state index in [0.717, 1.165) is 0 Å². The number of amides is 8. The van der Waals surface area contributed by atoms with Gasteiger partial charge in [-0.15, -0.1) is 0 Å². The monoisotopic (exact) mass is 884 g/mol. The molecule has 0 aliphatic carbocycles. The van der Waals surface area contributed by atoms with Crippen LogP contribution in [0.1, 0.15) is 75.8 Å². The Balaban J connectivity index is 1.29. The highest BCUT2D eigenvalue weighted by molar-refractivity contribution is 5.99. The van der Waals surface area contributed by atoms with Gasteiger partial charge in [-0.05, 0) is 69.9 Å². The highest BCUT2D eigenvalue weighted by atomic mass is 16.7. The molecule has 0 saturated carbocycles. The van der Waals surface area contributed by atoms with Gasteiger partial charge < -0.3 is 62.8 Å². The number of hydrogen-bond donors (Lipinski definition) is 9. The minimum absolute atomic E-state index is 0.0678. The molecule has 346 valence electrons. The Hall–Kier alpha value is -5.26. The molecule has 5 aliphatic heterocycles. The van der Waals surface area contributed by atoms with Crippen LogP contribution in [0.2, 0.25) is 0 Å². The fraction of sp³-hybridized carbons (Fsp3) is 0.659. The number of rotatable bonds is 15. The van der Waals surface area contributed by atoms with E-state index in [-0.39, 0.29) is 52.0 Å². The first-order valence-corrected chi connectivity index (χ1v) is 21.5. The molecule has 0 spiro atoms. The Morgan fingerprint density at radius 2 is 1.52 bits per heavy atom. The van der Waals surface area contributed by atoms with Crippen LogP contribution in [-0.4, -0.2) is 182 Å². The van der Waals surface area contributed by atoms with E-state index in [9.17, 15) is 53.7 Å². The lowest BCUT2D eigenvalue weighted by molar-refractivity contribution is -0.152. The van der Waals surface area contributed by atoms with E-state index in [1.54, 1.807) is 24.3 Å². The number of carbonyl (C=O) groups is 8. The SMILES string of the molecule is C[C@@H](O)[C@H](N)C(=O)N1CCC[C@H]1C(=O)N1CCC[C@]1(Cc1ccc(C2CCN(C(=O)[C@@H](N)CO)[C@@H]2C(=O)N2CCC[C@H]2C(=O)N[C@@H]2CONC2=O)cc1)C(=O)N[C@H](C(N)=O)[C@@H](C)O. The summed E-state index contributed by atoms with van der Waals surface area (Å²) in [6.45, 7) is 2.61. The van der Waals surface area contributed by atoms with Crippen LogP contribution in [0.15, 0.2) is 24.3 Å². The van der Waals surface area contributed by atoms with Gasteiger partial charge in [0.1, 0.15) is 54.4 Å². The van der Waals surface area contributed by atoms with E-state index in [1.165, 1.54) is 33.4 Å². The second-order valence-corrected chi connectivity index (χ2v) is 17.3. The molecule has 0 bridgehead atoms. The van der Waals surface area contributed by atoms with Gasteiger partial charge in [-0.25, -0.2) is 5.48 Å². The normalized spacial score (nSPS) is 28.3. The minimum atomic E-state index is -1.61. The van der Waals surface area contributed by atoms with E-state index in [2.05, 4.69) is 16.1 Å². The number of aliphatic hydroxyl groups excluding tert-OH is 3. The number of hydrogen-bond acceptors (Lipinski definition) is 14. The number of hydroxylamine groups is 1. The number of primary amides is 1. The first-order valence-electron chi connectivity index (χ1n) is 21.5. The van der Waals surface area contributed by atoms with Crippen molar-refractivity contribution in [2.24, 2.45) is 17.2 Å². The molecule has 5 fully saturated rings. The zero-order valence-electron chi connectivity index (χ0n) is 35.5. The number of carbonyl (C=O) groups excluding carboxylic acids is 8. The van der Waals surface area contributed by atoms with Crippen LogP contribution >= 0.6 is 0 Å². The third-order valence-corrected chi connectivity index (χ3v) is 13.1. The lowest BCUT2D eigenvalue weighted by atomic mass is 9.84. The maximum absolute atomic E-state index is 14.6. The summed E-state index contributed by atoms with van der Waals surface area (Å²) in [6.07, 6.45) is -0.183. The molecule has 5 heterocycles. The molecule has 1 aromatic rings. The van der Waals surface area contributed by atoms with E-state index in [4.69, 9.17) is 22.0 Å². The summed E-state index contributed by atoms with van der Waals surface area (Å²) in [6, 6.07) is -1.05. The largest absolute Gasteiger partial charge is 0.394 e. The summed E-state index contributed by atoms with van der Waals surface area (Å²) in [4.78, 5) is 119. The van der Waals surface area contributed by atoms with Crippen molar-refractivity contribution < 1.29 is 58.5 Å². The molecular weight excluding hydrogens is 825 g/mol. The lowest BCUT2D eigenvalue weighted by Gasteiger charge is -2.41. The first-order chi connectivity index (χ1) is 29.9. The summed E-state index contributed by atoms with van der Waals surface area (Å²) in [5.41, 5.74) is 19.3. The number of nitrogens with one attached hydrogen (secondary N) is 3. The van der Waals surface area contributed by atoms with Crippen molar-refractivity contribution in [3.8, 4) is 0 Å². The maximum atomic E-state index is 14.6. The number of aliphatic hydroxyl groups is 3. The lowest BCUT2D eigenvalue weighted by Crippen LogP contribution is -2.65. The van der Waals surface area contributed by atoms with Gasteiger partial charge in [0.2, 0.25) is 41.4 Å². The molecule has 63 heavy (non-hydrogen) atoms. The summed E-state index contributed by atoms with van der Waals surface area (Å²) in [7, 11) is 0. The van der Waals surface area contributed by atoms with Crippen molar-refractivity contribution in [1.29, 1.82) is 0 Å². The standard InChI is InChI=1S/C41H60N10O12/c1-21(53)30(43)38(60)49-15-4-7-29(49)37(59)51-16-5-13-41(51,40(62)46-31(22(2)54)33(44)55)18-23-8-10-24(11-9-23)25-12-17-50(36(58)26(42)19-52)32(25)39(61)48-14-3-6-28(48)35(57)45-27-20-63-47-34(27)56/h8-11,21-22,25-32,52-54H,3-7,12-20,42-43H2,1-2H3,(H2,44,55)(H,45,57)(H,46,62)(H,47,56)/t21-,22-,25?,26+,27-,28+,29+,30+,31+,32+,41+/m1/s1. The molecule has 6 rings (SSSR count). The summed E-state index contributed by atoms with van der Waals surface area (Å²) >= 11 is 0. The summed E-state index contributed by atoms with van der Waals surface area (Å²) < 4.78 is 0. The summed E-state index contributed by atoms with van der Waals surface area (Å²) in [5, 5.41) is 35.4. The van der Waals surface area contributed by atoms with Gasteiger partial charge in [0.15, 0.2) is 0 Å². The van der Waals surface area contributed by atoms with Crippen LogP contribution in [0.5, 0.6) is 0 Å². The second kappa shape index (κ2) is 19.6. The molecule has 22 nitrogen and oxygen atoms in total. The average Bonchev–Trinajstić information content (AvgIpc) is 4.12. The molecule has 11 atom stereocenters. The van der Waals surface area contributed by atoms with Gasteiger partial charge in [0.05, 0.1) is 18.8 Å². The number of likely N-dealkylation sites (tertiary alicyclic amines) is 4. The van der Waals surface area contributed by atoms with Gasteiger partial charge in [0, 0.05) is 38.5 Å². The van der Waals surface area contributed by atoms with Crippen LogP contribution in [0.3, 0.4) is 0 Å². The molecule has 0 radical (unpaired) electrons. The van der Waals surface area contributed by atoms with Gasteiger partial charge in [-0.2, -0.15) is 0 Å². The van der Waals surface area contributed by atoms with E-state index < -0.39 is 120 Å². The zero-order chi connectivity index (χ0) is 45.9. The molecule has 12 N–H and O–H groups in total. The minimum Gasteiger partial charge on any atom is -0.394 e. The van der Waals surface area contributed by atoms with Gasteiger partial charge in [-0.3, -0.25) is 43.2 Å². The number of benzene rings is 1. The Bertz CT molecular complexity index is 1930. The Kier molecular flexibility index (Phi) is 14.7. The molecule has 5 aliphatic rings. The topological polar surface area (TPSA) is 334 Å². The van der Waals surface area contributed by atoms with Crippen molar-refractivity contribution in [3.63, 3.8) is 0 Å². The van der Waals surface area contributed by atoms with E-state index in [1.807, 2.05) is 0 Å². The van der Waals surface area contributed by atoms with Gasteiger partial charge in [-0.1, -0.05) is 24.3 Å². The number of nitrogens with two attached hydrogens (primary N) is 3. The molecule has 8 amide bonds. The van der Waals surface area contributed by atoms with Crippen LogP contribution < -0.4 is 33.3 Å². The molecular formula is C41H60N10O12. The van der Waals surface area contributed by atoms with Crippen LogP contribution in [0, 0.1) is 0 Å². The van der Waals surface area contributed by atoms with Crippen molar-refractivity contribution in [3.05, 3.63) is 35.4 Å². The van der Waals surface area contributed by atoms with Crippen molar-refractivity contribution in [1.82, 2.24) is 35.7 Å². The van der Waals surface area contributed by atoms with Gasteiger partial charge >= 0.3 is 0 Å². The predicted octanol–water partition coefficient (Wildman–Crippen LogP) is -4.82. The zero-order valence-corrected chi connectivity index (χ0v) is 35.5. The average molecular weight is 885 g/mol. The fourth-order valence-corrected chi connectivity index (χ4v) is 9.67. The highest BCUT2D eigenvalue weighted by Gasteiger charge is 2.54. The summed E-state index contributed by atoms with van der Waals surface area (Å²) in [5.74, 6) is -5.64. The van der Waals surface area contributed by atoms with Crippen molar-refractivity contribution in [2.75, 3.05) is 39.4 Å². The number of nitrogens with zero attached hydrogens (tertiary/aromatic N) is 4. The molecule has 5 saturated heterocycles. The Morgan fingerprint density at radius 1 is 0.857 bits per heavy atom. The van der Waals surface area contributed by atoms with Crippen molar-refractivity contribution in [2.45, 2.75) is 131 Å². The van der Waals surface area contributed by atoms with E-state index in [0.29, 0.717) is 43.2 Å². The fourth-order valence-electron chi connectivity index (χ4n) is 9.67. The maximum Gasteiger partial charge on any atom is 0.268 e. The molecule has 22 heteroatoms. The van der Waals surface area contributed by atoms with Crippen LogP contribution in [0.25, 0.3) is 0 Å². The quantitative estimate of drug-likeness (QED) is 0.0799. The smallest absolute Gasteiger partial charge is 0.268 e. The third-order valence-electron chi connectivity index (χ3n) is 13.1. The Labute approximate surface area is 364 Å². The Morgan fingerprint density at radius 3 is 2.13 bits per heavy atom. The highest BCUT2D eigenvalue weighted by Crippen LogP contribution is 2.39. The first kappa shape index (κ1) is 47.2. The van der Waals surface area contributed by atoms with Crippen LogP contribution in [0.4, 0.5) is 0 Å². The second-order valence-electron chi connectivity index (χ2n) is 17.3. The van der Waals surface area contributed by atoms with Gasteiger partial charge in [0.25, 0.3) is 5.91 Å².